The highest BCUT2D eigenvalue weighted by atomic mass is 16.5. The molecule has 136 valence electrons. The summed E-state index contributed by atoms with van der Waals surface area (Å²) in [4.78, 5) is 39.2. The van der Waals surface area contributed by atoms with Crippen LogP contribution in [0.5, 0.6) is 11.5 Å². The van der Waals surface area contributed by atoms with E-state index in [0.29, 0.717) is 26.2 Å². The second-order valence-corrected chi connectivity index (χ2v) is 5.74. The molecule has 1 saturated heterocycles. The van der Waals surface area contributed by atoms with Crippen LogP contribution in [0.25, 0.3) is 0 Å². The molecule has 0 radical (unpaired) electrons. The van der Waals surface area contributed by atoms with E-state index in [9.17, 15) is 19.5 Å². The summed E-state index contributed by atoms with van der Waals surface area (Å²) in [6.07, 6.45) is -0.998. The van der Waals surface area contributed by atoms with Gasteiger partial charge in [-0.2, -0.15) is 0 Å². The maximum Gasteiger partial charge on any atom is 0.342 e. The maximum atomic E-state index is 12.4. The first-order valence-corrected chi connectivity index (χ1v) is 7.96. The number of amides is 2. The molecule has 1 aromatic rings. The first kappa shape index (κ1) is 18.6. The molecule has 8 heteroatoms. The molecule has 2 rings (SSSR count). The van der Waals surface area contributed by atoms with Crippen LogP contribution in [-0.2, 0) is 14.3 Å². The molecule has 0 spiro atoms. The third-order valence-corrected chi connectivity index (χ3v) is 4.11. The molecule has 2 amide bonds. The summed E-state index contributed by atoms with van der Waals surface area (Å²) < 4.78 is 10.1. The molecule has 25 heavy (non-hydrogen) atoms. The summed E-state index contributed by atoms with van der Waals surface area (Å²) in [5.74, 6) is -1.35. The second-order valence-electron chi connectivity index (χ2n) is 5.74. The maximum absolute atomic E-state index is 12.4. The molecule has 1 aliphatic rings. The Kier molecular flexibility index (Phi) is 5.84. The monoisotopic (exact) mass is 350 g/mol. The van der Waals surface area contributed by atoms with Crippen LogP contribution in [0, 0.1) is 0 Å². The van der Waals surface area contributed by atoms with Gasteiger partial charge in [-0.3, -0.25) is 9.59 Å². The molecule has 0 aliphatic carbocycles. The van der Waals surface area contributed by atoms with Gasteiger partial charge in [0.15, 0.2) is 17.6 Å². The molecule has 1 heterocycles. The summed E-state index contributed by atoms with van der Waals surface area (Å²) >= 11 is 0. The first-order chi connectivity index (χ1) is 11.8. The normalized spacial score (nSPS) is 15.5. The minimum absolute atomic E-state index is 0.0277. The number of hydrogen-bond donors (Lipinski definition) is 1. The van der Waals surface area contributed by atoms with Crippen molar-refractivity contribution >= 4 is 17.8 Å². The number of nitrogens with zero attached hydrogens (tertiary/aromatic N) is 2. The van der Waals surface area contributed by atoms with Crippen molar-refractivity contribution in [3.8, 4) is 11.5 Å². The van der Waals surface area contributed by atoms with Crippen LogP contribution in [-0.4, -0.2) is 72.1 Å². The molecule has 1 aromatic carbocycles. The summed E-state index contributed by atoms with van der Waals surface area (Å²) in [7, 11) is 1.37. The van der Waals surface area contributed by atoms with E-state index < -0.39 is 12.1 Å². The van der Waals surface area contributed by atoms with E-state index in [4.69, 9.17) is 9.47 Å². The Morgan fingerprint density at radius 3 is 2.28 bits per heavy atom. The van der Waals surface area contributed by atoms with Gasteiger partial charge in [-0.05, 0) is 19.1 Å². The van der Waals surface area contributed by atoms with E-state index in [2.05, 4.69) is 0 Å². The fourth-order valence-corrected chi connectivity index (χ4v) is 2.63. The quantitative estimate of drug-likeness (QED) is 0.801. The fraction of sp³-hybridized carbons (Fsp3) is 0.471. The van der Waals surface area contributed by atoms with E-state index >= 15 is 0 Å². The largest absolute Gasteiger partial charge is 0.504 e. The number of benzene rings is 1. The number of aromatic hydroxyl groups is 1. The van der Waals surface area contributed by atoms with E-state index in [-0.39, 0.29) is 28.9 Å². The fourth-order valence-electron chi connectivity index (χ4n) is 2.63. The van der Waals surface area contributed by atoms with Crippen molar-refractivity contribution < 1.29 is 29.0 Å². The van der Waals surface area contributed by atoms with Gasteiger partial charge >= 0.3 is 5.97 Å². The van der Waals surface area contributed by atoms with Crippen molar-refractivity contribution in [1.29, 1.82) is 0 Å². The lowest BCUT2D eigenvalue weighted by atomic mass is 10.2. The number of rotatable bonds is 4. The number of phenols is 1. The van der Waals surface area contributed by atoms with Gasteiger partial charge in [0.1, 0.15) is 5.56 Å². The molecule has 8 nitrogen and oxygen atoms in total. The molecular weight excluding hydrogens is 328 g/mol. The minimum Gasteiger partial charge on any atom is -0.504 e. The Morgan fingerprint density at radius 2 is 1.72 bits per heavy atom. The van der Waals surface area contributed by atoms with Crippen molar-refractivity contribution in [3.63, 3.8) is 0 Å². The van der Waals surface area contributed by atoms with Crippen LogP contribution in [0.3, 0.4) is 0 Å². The number of methoxy groups -OCH3 is 1. The van der Waals surface area contributed by atoms with Gasteiger partial charge in [-0.25, -0.2) is 4.79 Å². The predicted octanol–water partition coefficient (Wildman–Crippen LogP) is 0.637. The van der Waals surface area contributed by atoms with Crippen LogP contribution in [0.2, 0.25) is 0 Å². The number of carbonyl (C=O) groups excluding carboxylic acids is 3. The third-order valence-electron chi connectivity index (χ3n) is 4.11. The molecule has 0 bridgehead atoms. The molecule has 1 N–H and O–H groups in total. The minimum atomic E-state index is -0.998. The molecule has 1 atom stereocenters. The Bertz CT molecular complexity index is 667. The molecule has 0 saturated carbocycles. The smallest absolute Gasteiger partial charge is 0.342 e. The zero-order chi connectivity index (χ0) is 18.6. The lowest BCUT2D eigenvalue weighted by molar-refractivity contribution is -0.144. The van der Waals surface area contributed by atoms with Gasteiger partial charge in [-0.15, -0.1) is 0 Å². The molecular formula is C17H22N2O6. The number of para-hydroxylation sites is 1. The van der Waals surface area contributed by atoms with Crippen LogP contribution in [0.4, 0.5) is 0 Å². The van der Waals surface area contributed by atoms with Crippen molar-refractivity contribution in [2.75, 3.05) is 33.3 Å². The molecule has 0 aromatic heterocycles. The Balaban J connectivity index is 1.97. The van der Waals surface area contributed by atoms with Crippen molar-refractivity contribution in [3.05, 3.63) is 23.8 Å². The van der Waals surface area contributed by atoms with Crippen LogP contribution in [0.15, 0.2) is 18.2 Å². The molecule has 1 unspecified atom stereocenters. The zero-order valence-corrected chi connectivity index (χ0v) is 14.5. The molecule has 1 aliphatic heterocycles. The lowest BCUT2D eigenvalue weighted by Gasteiger charge is -2.35. The second kappa shape index (κ2) is 7.87. The summed E-state index contributed by atoms with van der Waals surface area (Å²) in [6.45, 7) is 4.67. The van der Waals surface area contributed by atoms with Crippen LogP contribution < -0.4 is 4.74 Å². The van der Waals surface area contributed by atoms with Gasteiger partial charge in [0.2, 0.25) is 5.91 Å². The highest BCUT2D eigenvalue weighted by Gasteiger charge is 2.29. The van der Waals surface area contributed by atoms with Gasteiger partial charge < -0.3 is 24.4 Å². The molecule has 1 fully saturated rings. The van der Waals surface area contributed by atoms with Gasteiger partial charge in [0.25, 0.3) is 5.91 Å². The zero-order valence-electron chi connectivity index (χ0n) is 14.5. The number of ether oxygens (including phenoxy) is 2. The SMILES string of the molecule is COc1cccc(C(=O)OC(C)C(=O)N2CCN(C(C)=O)CC2)c1O. The van der Waals surface area contributed by atoms with E-state index in [1.165, 1.54) is 33.1 Å². The highest BCUT2D eigenvalue weighted by Crippen LogP contribution is 2.30. The van der Waals surface area contributed by atoms with Crippen molar-refractivity contribution in [1.82, 2.24) is 9.80 Å². The van der Waals surface area contributed by atoms with E-state index in [0.717, 1.165) is 0 Å². The van der Waals surface area contributed by atoms with Gasteiger partial charge in [-0.1, -0.05) is 6.07 Å². The predicted molar refractivity (Wildman–Crippen MR) is 88.4 cm³/mol. The van der Waals surface area contributed by atoms with E-state index in [1.54, 1.807) is 15.9 Å². The number of phenolic OH excluding ortho intramolecular Hbond substituents is 1. The topological polar surface area (TPSA) is 96.4 Å². The number of carbonyl (C=O) groups is 3. The third kappa shape index (κ3) is 4.20. The Hall–Kier alpha value is -2.77. The van der Waals surface area contributed by atoms with Crippen LogP contribution >= 0.6 is 0 Å². The number of esters is 1. The summed E-state index contributed by atoms with van der Waals surface area (Å²) in [6, 6.07) is 4.45. The van der Waals surface area contributed by atoms with Crippen molar-refractivity contribution in [2.24, 2.45) is 0 Å². The first-order valence-electron chi connectivity index (χ1n) is 7.96. The number of piperazine rings is 1. The standard InChI is InChI=1S/C17H22N2O6/c1-11(16(22)19-9-7-18(8-10-19)12(2)20)25-17(23)13-5-4-6-14(24-3)15(13)21/h4-6,11,21H,7-10H2,1-3H3. The Morgan fingerprint density at radius 1 is 1.12 bits per heavy atom. The summed E-state index contributed by atoms with van der Waals surface area (Å²) in [5, 5.41) is 9.98. The van der Waals surface area contributed by atoms with Crippen molar-refractivity contribution in [2.45, 2.75) is 20.0 Å². The highest BCUT2D eigenvalue weighted by molar-refractivity contribution is 5.95. The average Bonchev–Trinajstić information content (AvgIpc) is 2.61. The average molecular weight is 350 g/mol. The summed E-state index contributed by atoms with van der Waals surface area (Å²) in [5.41, 5.74) is -0.0691. The lowest BCUT2D eigenvalue weighted by Crippen LogP contribution is -2.52. The Labute approximate surface area is 145 Å². The van der Waals surface area contributed by atoms with Gasteiger partial charge in [0, 0.05) is 33.1 Å². The number of hydrogen-bond acceptors (Lipinski definition) is 6. The van der Waals surface area contributed by atoms with Gasteiger partial charge in [0.05, 0.1) is 7.11 Å². The van der Waals surface area contributed by atoms with Crippen LogP contribution in [0.1, 0.15) is 24.2 Å². The van der Waals surface area contributed by atoms with E-state index in [1.807, 2.05) is 0 Å².